The van der Waals surface area contributed by atoms with E-state index in [-0.39, 0.29) is 17.4 Å². The monoisotopic (exact) mass is 443 g/mol. The van der Waals surface area contributed by atoms with Gasteiger partial charge < -0.3 is 15.1 Å². The number of benzene rings is 2. The zero-order valence-electron chi connectivity index (χ0n) is 17.3. The van der Waals surface area contributed by atoms with Crippen LogP contribution < -0.4 is 5.32 Å². The summed E-state index contributed by atoms with van der Waals surface area (Å²) in [6, 6.07) is 9.15. The molecule has 8 heteroatoms. The highest BCUT2D eigenvalue weighted by atomic mass is 35.5. The van der Waals surface area contributed by atoms with Crippen LogP contribution >= 0.6 is 11.6 Å². The molecule has 0 aromatic heterocycles. The number of amides is 3. The van der Waals surface area contributed by atoms with Crippen molar-refractivity contribution in [1.29, 1.82) is 0 Å². The lowest BCUT2D eigenvalue weighted by Gasteiger charge is -2.41. The largest absolute Gasteiger partial charge is 0.355 e. The molecule has 0 radical (unpaired) electrons. The zero-order chi connectivity index (χ0) is 22.7. The van der Waals surface area contributed by atoms with Crippen molar-refractivity contribution in [3.8, 4) is 11.1 Å². The fourth-order valence-corrected chi connectivity index (χ4v) is 4.00. The van der Waals surface area contributed by atoms with E-state index in [0.717, 1.165) is 5.56 Å². The van der Waals surface area contributed by atoms with Gasteiger partial charge in [0.15, 0.2) is 0 Å². The third-order valence-corrected chi connectivity index (χ3v) is 5.57. The third kappa shape index (κ3) is 4.77. The molecule has 0 spiro atoms. The minimum Gasteiger partial charge on any atom is -0.355 e. The quantitative estimate of drug-likeness (QED) is 0.736. The van der Waals surface area contributed by atoms with E-state index in [1.54, 1.807) is 28.0 Å². The van der Waals surface area contributed by atoms with Crippen LogP contribution in [-0.4, -0.2) is 54.2 Å². The standard InChI is InChI=1S/C23H23ClFN3O3/c1-4-22(30)27-7-8-28(14(2)29)21(13-27)17-9-16(10-18(24)11-17)15-5-6-20(25)19(12-15)23(31)26-3/h4-6,9-12,21H,1,7-8,13H2,2-3H3,(H,26,31)/t21-/m0/s1. The lowest BCUT2D eigenvalue weighted by Crippen LogP contribution is -2.51. The highest BCUT2D eigenvalue weighted by Gasteiger charge is 2.31. The molecule has 0 unspecified atom stereocenters. The van der Waals surface area contributed by atoms with Crippen molar-refractivity contribution in [2.75, 3.05) is 26.7 Å². The van der Waals surface area contributed by atoms with Gasteiger partial charge in [-0.05, 0) is 53.1 Å². The molecule has 1 saturated heterocycles. The number of carbonyl (C=O) groups is 3. The van der Waals surface area contributed by atoms with Gasteiger partial charge in [-0.1, -0.05) is 24.2 Å². The summed E-state index contributed by atoms with van der Waals surface area (Å²) in [5.41, 5.74) is 1.94. The van der Waals surface area contributed by atoms with Gasteiger partial charge in [0.25, 0.3) is 5.91 Å². The number of carbonyl (C=O) groups excluding carboxylic acids is 3. The van der Waals surface area contributed by atoms with E-state index in [1.165, 1.54) is 32.2 Å². The van der Waals surface area contributed by atoms with Crippen LogP contribution in [0.4, 0.5) is 4.39 Å². The molecule has 0 saturated carbocycles. The first-order chi connectivity index (χ1) is 14.7. The molecule has 1 atom stereocenters. The molecule has 0 bridgehead atoms. The minimum absolute atomic E-state index is 0.0766. The van der Waals surface area contributed by atoms with Gasteiger partial charge in [-0.25, -0.2) is 4.39 Å². The van der Waals surface area contributed by atoms with E-state index < -0.39 is 17.8 Å². The Balaban J connectivity index is 2.05. The van der Waals surface area contributed by atoms with Crippen molar-refractivity contribution in [1.82, 2.24) is 15.1 Å². The van der Waals surface area contributed by atoms with Crippen LogP contribution in [-0.2, 0) is 9.59 Å². The highest BCUT2D eigenvalue weighted by molar-refractivity contribution is 6.31. The molecule has 1 fully saturated rings. The van der Waals surface area contributed by atoms with Crippen LogP contribution in [0.2, 0.25) is 5.02 Å². The van der Waals surface area contributed by atoms with Crippen LogP contribution in [0.15, 0.2) is 49.1 Å². The highest BCUT2D eigenvalue weighted by Crippen LogP contribution is 2.33. The van der Waals surface area contributed by atoms with Crippen molar-refractivity contribution in [3.05, 3.63) is 71.0 Å². The van der Waals surface area contributed by atoms with Crippen molar-refractivity contribution < 1.29 is 18.8 Å². The molecular formula is C23H23ClFN3O3. The molecule has 1 N–H and O–H groups in total. The molecule has 3 rings (SSSR count). The Labute approximate surface area is 185 Å². The van der Waals surface area contributed by atoms with Gasteiger partial charge in [0.05, 0.1) is 11.6 Å². The topological polar surface area (TPSA) is 69.7 Å². The Morgan fingerprint density at radius 3 is 2.55 bits per heavy atom. The fourth-order valence-electron chi connectivity index (χ4n) is 3.76. The summed E-state index contributed by atoms with van der Waals surface area (Å²) in [4.78, 5) is 39.7. The molecule has 6 nitrogen and oxygen atoms in total. The van der Waals surface area contributed by atoms with E-state index in [4.69, 9.17) is 11.6 Å². The first-order valence-corrected chi connectivity index (χ1v) is 10.1. The molecule has 3 amide bonds. The summed E-state index contributed by atoms with van der Waals surface area (Å²) in [5, 5.41) is 2.84. The van der Waals surface area contributed by atoms with Crippen LogP contribution in [0, 0.1) is 5.82 Å². The lowest BCUT2D eigenvalue weighted by molar-refractivity contribution is -0.139. The van der Waals surface area contributed by atoms with Crippen LogP contribution in [0.5, 0.6) is 0 Å². The predicted molar refractivity (Wildman–Crippen MR) is 117 cm³/mol. The van der Waals surface area contributed by atoms with E-state index >= 15 is 0 Å². The van der Waals surface area contributed by atoms with E-state index in [2.05, 4.69) is 11.9 Å². The maximum Gasteiger partial charge on any atom is 0.254 e. The number of rotatable bonds is 4. The summed E-state index contributed by atoms with van der Waals surface area (Å²) >= 11 is 6.38. The van der Waals surface area contributed by atoms with Gasteiger partial charge in [-0.15, -0.1) is 0 Å². The second-order valence-corrected chi connectivity index (χ2v) is 7.70. The van der Waals surface area contributed by atoms with Crippen LogP contribution in [0.25, 0.3) is 11.1 Å². The Hall–Kier alpha value is -3.19. The molecule has 1 aliphatic rings. The van der Waals surface area contributed by atoms with Gasteiger partial charge in [-0.3, -0.25) is 14.4 Å². The predicted octanol–water partition coefficient (Wildman–Crippen LogP) is 3.42. The summed E-state index contributed by atoms with van der Waals surface area (Å²) in [6.07, 6.45) is 1.25. The van der Waals surface area contributed by atoms with Gasteiger partial charge >= 0.3 is 0 Å². The first-order valence-electron chi connectivity index (χ1n) is 9.76. The minimum atomic E-state index is -0.626. The summed E-state index contributed by atoms with van der Waals surface area (Å²) in [7, 11) is 1.43. The summed E-state index contributed by atoms with van der Waals surface area (Å²) in [5.74, 6) is -1.47. The average molecular weight is 444 g/mol. The summed E-state index contributed by atoms with van der Waals surface area (Å²) in [6.45, 7) is 6.13. The number of hydrogen-bond acceptors (Lipinski definition) is 3. The van der Waals surface area contributed by atoms with Gasteiger partial charge in [0.1, 0.15) is 5.82 Å². The number of nitrogens with one attached hydrogen (secondary N) is 1. The average Bonchev–Trinajstić information content (AvgIpc) is 2.77. The normalized spacial score (nSPS) is 16.1. The van der Waals surface area contributed by atoms with Crippen LogP contribution in [0.3, 0.4) is 0 Å². The van der Waals surface area contributed by atoms with E-state index in [1.807, 2.05) is 6.07 Å². The smallest absolute Gasteiger partial charge is 0.254 e. The maximum absolute atomic E-state index is 14.1. The molecule has 0 aliphatic carbocycles. The second kappa shape index (κ2) is 9.31. The second-order valence-electron chi connectivity index (χ2n) is 7.26. The Kier molecular flexibility index (Phi) is 6.75. The Morgan fingerprint density at radius 1 is 1.16 bits per heavy atom. The molecule has 1 heterocycles. The molecule has 31 heavy (non-hydrogen) atoms. The van der Waals surface area contributed by atoms with Gasteiger partial charge in [0, 0.05) is 38.6 Å². The first kappa shape index (κ1) is 22.5. The molecule has 162 valence electrons. The summed E-state index contributed by atoms with van der Waals surface area (Å²) < 4.78 is 14.1. The number of hydrogen-bond donors (Lipinski definition) is 1. The third-order valence-electron chi connectivity index (χ3n) is 5.35. The maximum atomic E-state index is 14.1. The molecule has 2 aromatic carbocycles. The SMILES string of the molecule is C=CC(=O)N1CCN(C(C)=O)[C@H](c2cc(Cl)cc(-c3ccc(F)c(C(=O)NC)c3)c2)C1. The number of piperazine rings is 1. The molecule has 1 aliphatic heterocycles. The lowest BCUT2D eigenvalue weighted by atomic mass is 9.95. The van der Waals surface area contributed by atoms with Gasteiger partial charge in [-0.2, -0.15) is 0 Å². The number of nitrogens with zero attached hydrogens (tertiary/aromatic N) is 2. The van der Waals surface area contributed by atoms with Gasteiger partial charge in [0.2, 0.25) is 11.8 Å². The zero-order valence-corrected chi connectivity index (χ0v) is 18.1. The van der Waals surface area contributed by atoms with Crippen molar-refractivity contribution in [3.63, 3.8) is 0 Å². The number of halogens is 2. The van der Waals surface area contributed by atoms with Crippen LogP contribution in [0.1, 0.15) is 28.9 Å². The van der Waals surface area contributed by atoms with E-state index in [0.29, 0.717) is 35.8 Å². The van der Waals surface area contributed by atoms with Crippen molar-refractivity contribution in [2.45, 2.75) is 13.0 Å². The molecular weight excluding hydrogens is 421 g/mol. The van der Waals surface area contributed by atoms with E-state index in [9.17, 15) is 18.8 Å². The fraction of sp³-hybridized carbons (Fsp3) is 0.261. The Morgan fingerprint density at radius 2 is 1.90 bits per heavy atom. The van der Waals surface area contributed by atoms with Crippen molar-refractivity contribution in [2.24, 2.45) is 0 Å². The molecule has 2 aromatic rings. The van der Waals surface area contributed by atoms with Crippen molar-refractivity contribution >= 4 is 29.3 Å². The Bertz CT molecular complexity index is 1060.